The molecule has 3 rings (SSSR count). The van der Waals surface area contributed by atoms with Gasteiger partial charge in [0.05, 0.1) is 11.8 Å². The molecular formula is C16H15FN2O2. The third-order valence-corrected chi connectivity index (χ3v) is 3.60. The summed E-state index contributed by atoms with van der Waals surface area (Å²) < 4.78 is 19.0. The molecule has 1 fully saturated rings. The van der Waals surface area contributed by atoms with Crippen LogP contribution in [0.1, 0.15) is 41.1 Å². The van der Waals surface area contributed by atoms with Crippen LogP contribution in [0.2, 0.25) is 0 Å². The summed E-state index contributed by atoms with van der Waals surface area (Å²) in [7, 11) is 0. The number of rotatable bonds is 4. The zero-order valence-electron chi connectivity index (χ0n) is 11.5. The van der Waals surface area contributed by atoms with E-state index in [0.717, 1.165) is 12.2 Å². The summed E-state index contributed by atoms with van der Waals surface area (Å²) in [5, 5.41) is 3.79. The molecule has 1 heterocycles. The van der Waals surface area contributed by atoms with Crippen molar-refractivity contribution in [1.29, 1.82) is 0 Å². The fourth-order valence-corrected chi connectivity index (χ4v) is 2.22. The minimum atomic E-state index is -0.591. The second-order valence-electron chi connectivity index (χ2n) is 5.24. The van der Waals surface area contributed by atoms with Crippen molar-refractivity contribution in [2.24, 2.45) is 11.0 Å². The Labute approximate surface area is 121 Å². The SMILES string of the molecule is C[C@H]1C[C@@H]1c1ccc(/C=N\NC(=O)c2ccccc2F)o1. The first-order valence-electron chi connectivity index (χ1n) is 6.83. The first-order chi connectivity index (χ1) is 10.1. The van der Waals surface area contributed by atoms with Gasteiger partial charge in [-0.2, -0.15) is 5.10 Å². The Bertz CT molecular complexity index is 693. The molecule has 2 atom stereocenters. The van der Waals surface area contributed by atoms with Crippen LogP contribution in [0.5, 0.6) is 0 Å². The summed E-state index contributed by atoms with van der Waals surface area (Å²) in [5.74, 6) is 1.52. The normalized spacial score (nSPS) is 20.7. The molecule has 0 bridgehead atoms. The van der Waals surface area contributed by atoms with Gasteiger partial charge in [0.25, 0.3) is 5.91 Å². The van der Waals surface area contributed by atoms with E-state index in [1.54, 1.807) is 12.1 Å². The average molecular weight is 286 g/mol. The van der Waals surface area contributed by atoms with E-state index in [9.17, 15) is 9.18 Å². The number of hydrazone groups is 1. The van der Waals surface area contributed by atoms with Crippen LogP contribution >= 0.6 is 0 Å². The van der Waals surface area contributed by atoms with Gasteiger partial charge in [-0.3, -0.25) is 4.79 Å². The number of benzene rings is 1. The topological polar surface area (TPSA) is 54.6 Å². The van der Waals surface area contributed by atoms with Gasteiger partial charge in [0.2, 0.25) is 0 Å². The summed E-state index contributed by atoms with van der Waals surface area (Å²) in [6.45, 7) is 2.18. The highest BCUT2D eigenvalue weighted by atomic mass is 19.1. The molecule has 5 heteroatoms. The first kappa shape index (κ1) is 13.5. The zero-order chi connectivity index (χ0) is 14.8. The van der Waals surface area contributed by atoms with Crippen molar-refractivity contribution in [3.63, 3.8) is 0 Å². The van der Waals surface area contributed by atoms with Gasteiger partial charge >= 0.3 is 0 Å². The molecule has 0 radical (unpaired) electrons. The lowest BCUT2D eigenvalue weighted by Crippen LogP contribution is -2.18. The number of halogens is 1. The van der Waals surface area contributed by atoms with E-state index in [-0.39, 0.29) is 5.56 Å². The van der Waals surface area contributed by atoms with Gasteiger partial charge < -0.3 is 4.42 Å². The Hall–Kier alpha value is -2.43. The lowest BCUT2D eigenvalue weighted by Gasteiger charge is -2.00. The van der Waals surface area contributed by atoms with Crippen molar-refractivity contribution >= 4 is 12.1 Å². The van der Waals surface area contributed by atoms with Crippen LogP contribution in [-0.4, -0.2) is 12.1 Å². The predicted molar refractivity (Wildman–Crippen MR) is 76.7 cm³/mol. The van der Waals surface area contributed by atoms with E-state index in [1.807, 2.05) is 6.07 Å². The highest BCUT2D eigenvalue weighted by molar-refractivity contribution is 5.94. The predicted octanol–water partition coefficient (Wildman–Crippen LogP) is 3.31. The number of amides is 1. The highest BCUT2D eigenvalue weighted by Gasteiger charge is 2.36. The molecule has 1 amide bonds. The summed E-state index contributed by atoms with van der Waals surface area (Å²) >= 11 is 0. The Morgan fingerprint density at radius 3 is 2.86 bits per heavy atom. The number of carbonyl (C=O) groups is 1. The molecule has 1 N–H and O–H groups in total. The third kappa shape index (κ3) is 3.02. The summed E-state index contributed by atoms with van der Waals surface area (Å²) in [4.78, 5) is 11.7. The van der Waals surface area contributed by atoms with Gasteiger partial charge in [-0.15, -0.1) is 0 Å². The van der Waals surface area contributed by atoms with E-state index < -0.39 is 11.7 Å². The summed E-state index contributed by atoms with van der Waals surface area (Å²) in [5.41, 5.74) is 2.24. The number of nitrogens with zero attached hydrogens (tertiary/aromatic N) is 1. The smallest absolute Gasteiger partial charge is 0.274 e. The standard InChI is InChI=1S/C16H15FN2O2/c1-10-8-13(10)15-7-6-11(21-15)9-18-19-16(20)12-4-2-3-5-14(12)17/h2-7,9-10,13H,8H2,1H3,(H,19,20)/b18-9-/t10-,13-/m0/s1. The van der Waals surface area contributed by atoms with Gasteiger partial charge in [0.1, 0.15) is 17.3 Å². The van der Waals surface area contributed by atoms with Crippen molar-refractivity contribution in [1.82, 2.24) is 5.43 Å². The summed E-state index contributed by atoms with van der Waals surface area (Å²) in [6.07, 6.45) is 2.56. The molecule has 1 aromatic heterocycles. The maximum absolute atomic E-state index is 13.4. The molecule has 0 spiro atoms. The molecule has 0 unspecified atom stereocenters. The van der Waals surface area contributed by atoms with Crippen LogP contribution < -0.4 is 5.43 Å². The Kier molecular flexibility index (Phi) is 3.56. The molecule has 108 valence electrons. The van der Waals surface area contributed by atoms with Crippen LogP contribution in [0.15, 0.2) is 45.9 Å². The van der Waals surface area contributed by atoms with Gasteiger partial charge in [0.15, 0.2) is 0 Å². The number of furan rings is 1. The maximum Gasteiger partial charge on any atom is 0.274 e. The van der Waals surface area contributed by atoms with Gasteiger partial charge in [-0.05, 0) is 36.6 Å². The van der Waals surface area contributed by atoms with E-state index in [2.05, 4.69) is 17.5 Å². The summed E-state index contributed by atoms with van der Waals surface area (Å²) in [6, 6.07) is 9.48. The van der Waals surface area contributed by atoms with Crippen LogP contribution in [-0.2, 0) is 0 Å². The quantitative estimate of drug-likeness (QED) is 0.692. The Balaban J connectivity index is 1.61. The van der Waals surface area contributed by atoms with Crippen LogP contribution in [0.4, 0.5) is 4.39 Å². The largest absolute Gasteiger partial charge is 0.460 e. The second kappa shape index (κ2) is 5.52. The molecule has 1 aromatic carbocycles. The molecule has 1 aliphatic rings. The maximum atomic E-state index is 13.4. The highest BCUT2D eigenvalue weighted by Crippen LogP contribution is 2.47. The lowest BCUT2D eigenvalue weighted by molar-refractivity contribution is 0.0951. The van der Waals surface area contributed by atoms with Gasteiger partial charge in [-0.25, -0.2) is 9.82 Å². The van der Waals surface area contributed by atoms with E-state index in [0.29, 0.717) is 17.6 Å². The fraction of sp³-hybridized carbons (Fsp3) is 0.250. The molecule has 1 saturated carbocycles. The number of nitrogens with one attached hydrogen (secondary N) is 1. The zero-order valence-corrected chi connectivity index (χ0v) is 11.5. The van der Waals surface area contributed by atoms with Crippen molar-refractivity contribution in [3.8, 4) is 0 Å². The molecule has 0 saturated heterocycles. The van der Waals surface area contributed by atoms with Crippen molar-refractivity contribution in [3.05, 3.63) is 59.3 Å². The van der Waals surface area contributed by atoms with Crippen molar-refractivity contribution < 1.29 is 13.6 Å². The Morgan fingerprint density at radius 2 is 2.14 bits per heavy atom. The van der Waals surface area contributed by atoms with Crippen LogP contribution in [0, 0.1) is 11.7 Å². The van der Waals surface area contributed by atoms with Crippen molar-refractivity contribution in [2.75, 3.05) is 0 Å². The monoisotopic (exact) mass is 286 g/mol. The molecule has 21 heavy (non-hydrogen) atoms. The minimum absolute atomic E-state index is 0.0402. The molecule has 2 aromatic rings. The van der Waals surface area contributed by atoms with Crippen LogP contribution in [0.3, 0.4) is 0 Å². The number of carbonyl (C=O) groups excluding carboxylic acids is 1. The van der Waals surface area contributed by atoms with Crippen molar-refractivity contribution in [2.45, 2.75) is 19.3 Å². The average Bonchev–Trinajstić information content (AvgIpc) is 3.01. The Morgan fingerprint density at radius 1 is 1.38 bits per heavy atom. The van der Waals surface area contributed by atoms with E-state index in [4.69, 9.17) is 4.42 Å². The van der Waals surface area contributed by atoms with Gasteiger partial charge in [-0.1, -0.05) is 19.1 Å². The lowest BCUT2D eigenvalue weighted by atomic mass is 10.2. The molecule has 4 nitrogen and oxygen atoms in total. The minimum Gasteiger partial charge on any atom is -0.460 e. The molecule has 0 aliphatic heterocycles. The number of hydrogen-bond acceptors (Lipinski definition) is 3. The molecular weight excluding hydrogens is 271 g/mol. The third-order valence-electron chi connectivity index (χ3n) is 3.60. The second-order valence-corrected chi connectivity index (χ2v) is 5.24. The first-order valence-corrected chi connectivity index (χ1v) is 6.83. The van der Waals surface area contributed by atoms with E-state index in [1.165, 1.54) is 24.4 Å². The van der Waals surface area contributed by atoms with Crippen LogP contribution in [0.25, 0.3) is 0 Å². The van der Waals surface area contributed by atoms with Gasteiger partial charge in [0, 0.05) is 5.92 Å². The molecule has 1 aliphatic carbocycles. The fourth-order valence-electron chi connectivity index (χ4n) is 2.22. The number of hydrogen-bond donors (Lipinski definition) is 1. The van der Waals surface area contributed by atoms with E-state index >= 15 is 0 Å².